The summed E-state index contributed by atoms with van der Waals surface area (Å²) in [5.41, 5.74) is 0.930. The summed E-state index contributed by atoms with van der Waals surface area (Å²) in [5, 5.41) is 10.0. The maximum Gasteiger partial charge on any atom is 0.326 e. The molecular formula is C11H10BrNO2. The topological polar surface area (TPSA) is 42.2 Å². The highest BCUT2D eigenvalue weighted by molar-refractivity contribution is 9.10. The minimum absolute atomic E-state index is 0.554. The summed E-state index contributed by atoms with van der Waals surface area (Å²) in [7, 11) is 0. The van der Waals surface area contributed by atoms with Crippen molar-refractivity contribution in [2.24, 2.45) is 0 Å². The molecule has 1 heterocycles. The fourth-order valence-corrected chi connectivity index (χ4v) is 2.16. The molecular weight excluding hydrogens is 258 g/mol. The average Bonchev–Trinajstić information content (AvgIpc) is 2.56. The van der Waals surface area contributed by atoms with Crippen LogP contribution in [0.25, 0.3) is 10.9 Å². The Morgan fingerprint density at radius 1 is 1.47 bits per heavy atom. The van der Waals surface area contributed by atoms with Gasteiger partial charge in [-0.1, -0.05) is 18.2 Å². The summed E-state index contributed by atoms with van der Waals surface area (Å²) in [6.45, 7) is 1.67. The van der Waals surface area contributed by atoms with Crippen molar-refractivity contribution in [3.05, 3.63) is 34.9 Å². The summed E-state index contributed by atoms with van der Waals surface area (Å²) in [6, 6.07) is 7.16. The third-order valence-corrected chi connectivity index (χ3v) is 3.10. The molecule has 0 radical (unpaired) electrons. The molecule has 1 aromatic carbocycles. The molecule has 78 valence electrons. The van der Waals surface area contributed by atoms with Crippen molar-refractivity contribution in [1.29, 1.82) is 0 Å². The Balaban J connectivity index is 2.67. The molecule has 3 nitrogen and oxygen atoms in total. The summed E-state index contributed by atoms with van der Waals surface area (Å²) >= 11 is 3.42. The number of para-hydroxylation sites is 1. The van der Waals surface area contributed by atoms with Crippen molar-refractivity contribution in [1.82, 2.24) is 4.57 Å². The van der Waals surface area contributed by atoms with Crippen LogP contribution in [0.5, 0.6) is 0 Å². The molecule has 1 aromatic heterocycles. The first-order chi connectivity index (χ1) is 7.11. The monoisotopic (exact) mass is 267 g/mol. The highest BCUT2D eigenvalue weighted by atomic mass is 79.9. The van der Waals surface area contributed by atoms with Gasteiger partial charge in [-0.2, -0.15) is 0 Å². The molecule has 0 spiro atoms. The minimum atomic E-state index is -0.830. The number of hydrogen-bond donors (Lipinski definition) is 1. The van der Waals surface area contributed by atoms with Gasteiger partial charge in [0.05, 0.1) is 0 Å². The zero-order chi connectivity index (χ0) is 11.0. The maximum absolute atomic E-state index is 10.9. The summed E-state index contributed by atoms with van der Waals surface area (Å²) in [6.07, 6.45) is 1.81. The number of carbonyl (C=O) groups is 1. The predicted molar refractivity (Wildman–Crippen MR) is 62.0 cm³/mol. The van der Waals surface area contributed by atoms with Gasteiger partial charge in [0.1, 0.15) is 6.04 Å². The highest BCUT2D eigenvalue weighted by Gasteiger charge is 2.16. The standard InChI is InChI=1S/C11H10BrNO2/c1-7(11(14)15)13-6-9(12)8-4-2-3-5-10(8)13/h2-7H,1H3,(H,14,15). The SMILES string of the molecule is CC(C(=O)O)n1cc(Br)c2ccccc21. The Labute approximate surface area is 95.5 Å². The number of carboxylic acid groups (broad SMARTS) is 1. The van der Waals surface area contributed by atoms with Crippen molar-refractivity contribution in [2.45, 2.75) is 13.0 Å². The molecule has 0 saturated carbocycles. The number of rotatable bonds is 2. The number of hydrogen-bond acceptors (Lipinski definition) is 1. The quantitative estimate of drug-likeness (QED) is 0.909. The Bertz CT molecular complexity index is 518. The van der Waals surface area contributed by atoms with Crippen LogP contribution in [-0.4, -0.2) is 15.6 Å². The molecule has 0 bridgehead atoms. The lowest BCUT2D eigenvalue weighted by Crippen LogP contribution is -2.14. The van der Waals surface area contributed by atoms with E-state index in [0.717, 1.165) is 15.4 Å². The second kappa shape index (κ2) is 3.70. The van der Waals surface area contributed by atoms with E-state index in [1.54, 1.807) is 11.5 Å². The Kier molecular flexibility index (Phi) is 2.52. The Hall–Kier alpha value is -1.29. The van der Waals surface area contributed by atoms with E-state index in [1.807, 2.05) is 30.5 Å². The molecule has 1 atom stereocenters. The van der Waals surface area contributed by atoms with Crippen LogP contribution in [0.3, 0.4) is 0 Å². The van der Waals surface area contributed by atoms with E-state index in [4.69, 9.17) is 5.11 Å². The van der Waals surface area contributed by atoms with Gasteiger partial charge >= 0.3 is 5.97 Å². The van der Waals surface area contributed by atoms with Crippen molar-refractivity contribution in [2.75, 3.05) is 0 Å². The lowest BCUT2D eigenvalue weighted by atomic mass is 10.2. The van der Waals surface area contributed by atoms with Crippen molar-refractivity contribution in [3.8, 4) is 0 Å². The van der Waals surface area contributed by atoms with Gasteiger partial charge in [0.2, 0.25) is 0 Å². The zero-order valence-electron chi connectivity index (χ0n) is 8.14. The lowest BCUT2D eigenvalue weighted by Gasteiger charge is -2.09. The van der Waals surface area contributed by atoms with Crippen molar-refractivity contribution >= 4 is 32.8 Å². The van der Waals surface area contributed by atoms with Gasteiger partial charge in [0, 0.05) is 21.6 Å². The number of halogens is 1. The van der Waals surface area contributed by atoms with E-state index < -0.39 is 12.0 Å². The first-order valence-corrected chi connectivity index (χ1v) is 5.38. The third kappa shape index (κ3) is 1.65. The van der Waals surface area contributed by atoms with Crippen LogP contribution >= 0.6 is 15.9 Å². The van der Waals surface area contributed by atoms with E-state index in [9.17, 15) is 4.79 Å². The molecule has 0 amide bonds. The highest BCUT2D eigenvalue weighted by Crippen LogP contribution is 2.28. The number of aliphatic carboxylic acids is 1. The number of aromatic nitrogens is 1. The molecule has 0 fully saturated rings. The van der Waals surface area contributed by atoms with E-state index in [1.165, 1.54) is 0 Å². The van der Waals surface area contributed by atoms with Crippen LogP contribution in [0.2, 0.25) is 0 Å². The number of benzene rings is 1. The fourth-order valence-electron chi connectivity index (χ4n) is 1.60. The van der Waals surface area contributed by atoms with Crippen LogP contribution in [0.1, 0.15) is 13.0 Å². The Morgan fingerprint density at radius 2 is 2.13 bits per heavy atom. The largest absolute Gasteiger partial charge is 0.480 e. The molecule has 15 heavy (non-hydrogen) atoms. The normalized spacial score (nSPS) is 12.9. The maximum atomic E-state index is 10.9. The first kappa shape index (κ1) is 10.2. The second-order valence-corrected chi connectivity index (χ2v) is 4.27. The molecule has 0 aliphatic rings. The van der Waals surface area contributed by atoms with Gasteiger partial charge in [0.15, 0.2) is 0 Å². The first-order valence-electron chi connectivity index (χ1n) is 4.59. The molecule has 1 N–H and O–H groups in total. The average molecular weight is 268 g/mol. The molecule has 2 aromatic rings. The summed E-state index contributed by atoms with van der Waals surface area (Å²) in [5.74, 6) is -0.830. The number of fused-ring (bicyclic) bond motifs is 1. The van der Waals surface area contributed by atoms with Gasteiger partial charge in [-0.15, -0.1) is 0 Å². The van der Waals surface area contributed by atoms with Gasteiger partial charge in [-0.05, 0) is 28.9 Å². The number of carboxylic acids is 1. The van der Waals surface area contributed by atoms with Gasteiger partial charge in [0.25, 0.3) is 0 Å². The van der Waals surface area contributed by atoms with E-state index >= 15 is 0 Å². The van der Waals surface area contributed by atoms with Crippen LogP contribution in [0, 0.1) is 0 Å². The fraction of sp³-hybridized carbons (Fsp3) is 0.182. The lowest BCUT2D eigenvalue weighted by molar-refractivity contribution is -0.140. The van der Waals surface area contributed by atoms with Crippen molar-refractivity contribution < 1.29 is 9.90 Å². The second-order valence-electron chi connectivity index (χ2n) is 3.42. The van der Waals surface area contributed by atoms with Crippen LogP contribution < -0.4 is 0 Å². The molecule has 2 rings (SSSR count). The molecule has 0 aliphatic carbocycles. The smallest absolute Gasteiger partial charge is 0.326 e. The molecule has 0 saturated heterocycles. The predicted octanol–water partition coefficient (Wildman–Crippen LogP) is 3.05. The van der Waals surface area contributed by atoms with Gasteiger partial charge < -0.3 is 9.67 Å². The third-order valence-electron chi connectivity index (χ3n) is 2.47. The Morgan fingerprint density at radius 3 is 2.80 bits per heavy atom. The summed E-state index contributed by atoms with van der Waals surface area (Å²) < 4.78 is 2.67. The summed E-state index contributed by atoms with van der Waals surface area (Å²) in [4.78, 5) is 10.9. The van der Waals surface area contributed by atoms with Crippen molar-refractivity contribution in [3.63, 3.8) is 0 Å². The number of nitrogens with zero attached hydrogens (tertiary/aromatic N) is 1. The van der Waals surface area contributed by atoms with Crippen LogP contribution in [0.4, 0.5) is 0 Å². The van der Waals surface area contributed by atoms with Gasteiger partial charge in [-0.25, -0.2) is 4.79 Å². The van der Waals surface area contributed by atoms with E-state index in [0.29, 0.717) is 0 Å². The van der Waals surface area contributed by atoms with E-state index in [2.05, 4.69) is 15.9 Å². The van der Waals surface area contributed by atoms with E-state index in [-0.39, 0.29) is 0 Å². The van der Waals surface area contributed by atoms with Gasteiger partial charge in [-0.3, -0.25) is 0 Å². The zero-order valence-corrected chi connectivity index (χ0v) is 9.73. The molecule has 1 unspecified atom stereocenters. The van der Waals surface area contributed by atoms with Crippen LogP contribution in [-0.2, 0) is 4.79 Å². The molecule has 4 heteroatoms. The minimum Gasteiger partial charge on any atom is -0.480 e. The van der Waals surface area contributed by atoms with Crippen LogP contribution in [0.15, 0.2) is 34.9 Å². The molecule has 0 aliphatic heterocycles.